The molecule has 3 N–H and O–H groups in total. The molecule has 4 aliphatic carbocycles. The summed E-state index contributed by atoms with van der Waals surface area (Å²) in [4.78, 5) is 36.6. The Morgan fingerprint density at radius 2 is 2.05 bits per heavy atom. The van der Waals surface area contributed by atoms with Crippen molar-refractivity contribution in [2.75, 3.05) is 38.7 Å². The topological polar surface area (TPSA) is 135 Å². The summed E-state index contributed by atoms with van der Waals surface area (Å²) < 4.78 is 12.9. The van der Waals surface area contributed by atoms with Crippen molar-refractivity contribution in [2.24, 2.45) is 17.8 Å². The maximum Gasteiger partial charge on any atom is 0.315 e. The number of aliphatic hydroxyl groups is 1. The van der Waals surface area contributed by atoms with Gasteiger partial charge in [-0.3, -0.25) is 19.4 Å². The zero-order chi connectivity index (χ0) is 25.3. The molecule has 4 saturated carbocycles. The van der Waals surface area contributed by atoms with Crippen molar-refractivity contribution < 1.29 is 24.2 Å². The zero-order valence-corrected chi connectivity index (χ0v) is 20.9. The Kier molecular flexibility index (Phi) is 5.31. The van der Waals surface area contributed by atoms with E-state index in [-0.39, 0.29) is 12.1 Å². The van der Waals surface area contributed by atoms with Gasteiger partial charge in [0.1, 0.15) is 5.82 Å². The quantitative estimate of drug-likeness (QED) is 0.458. The molecular weight excluding hydrogens is 476 g/mol. The molecule has 1 saturated heterocycles. The van der Waals surface area contributed by atoms with Crippen LogP contribution in [-0.4, -0.2) is 86.7 Å². The molecular formula is C26H32N6O5. The van der Waals surface area contributed by atoms with E-state index in [1.807, 2.05) is 6.07 Å². The highest BCUT2D eigenvalue weighted by atomic mass is 16.5. The normalized spacial score (nSPS) is 32.9. The second-order valence-electron chi connectivity index (χ2n) is 11.4. The monoisotopic (exact) mass is 508 g/mol. The van der Waals surface area contributed by atoms with Gasteiger partial charge in [-0.05, 0) is 55.9 Å². The van der Waals surface area contributed by atoms with Gasteiger partial charge in [-0.1, -0.05) is 0 Å². The van der Waals surface area contributed by atoms with Gasteiger partial charge >= 0.3 is 11.8 Å². The number of anilines is 1. The van der Waals surface area contributed by atoms with Crippen LogP contribution in [0.5, 0.6) is 0 Å². The van der Waals surface area contributed by atoms with E-state index < -0.39 is 17.4 Å². The van der Waals surface area contributed by atoms with Crippen LogP contribution in [0.1, 0.15) is 38.1 Å². The first kappa shape index (κ1) is 23.1. The molecule has 3 unspecified atom stereocenters. The number of carbonyl (C=O) groups excluding carboxylic acids is 2. The van der Waals surface area contributed by atoms with Crippen molar-refractivity contribution in [3.05, 3.63) is 18.5 Å². The first-order valence-electron chi connectivity index (χ1n) is 13.2. The predicted octanol–water partition coefficient (Wildman–Crippen LogP) is 1.84. The third kappa shape index (κ3) is 3.74. The molecule has 4 heterocycles. The van der Waals surface area contributed by atoms with Gasteiger partial charge in [0.25, 0.3) is 0 Å². The van der Waals surface area contributed by atoms with E-state index in [0.717, 1.165) is 48.4 Å². The van der Waals surface area contributed by atoms with Crippen molar-refractivity contribution in [3.8, 4) is 0 Å². The first-order chi connectivity index (χ1) is 17.9. The average molecular weight is 509 g/mol. The van der Waals surface area contributed by atoms with Crippen LogP contribution in [0.15, 0.2) is 18.5 Å². The smallest absolute Gasteiger partial charge is 0.315 e. The third-order valence-corrected chi connectivity index (χ3v) is 8.95. The maximum absolute atomic E-state index is 13.1. The number of amides is 2. The fourth-order valence-electron chi connectivity index (χ4n) is 7.82. The molecule has 2 amide bonds. The second kappa shape index (κ2) is 8.50. The maximum atomic E-state index is 13.1. The number of aromatic amines is 1. The molecule has 37 heavy (non-hydrogen) atoms. The van der Waals surface area contributed by atoms with Crippen LogP contribution in [0, 0.1) is 17.8 Å². The lowest BCUT2D eigenvalue weighted by Crippen LogP contribution is -2.55. The number of methoxy groups -OCH3 is 1. The van der Waals surface area contributed by atoms with Crippen LogP contribution in [0.3, 0.4) is 0 Å². The molecule has 3 aromatic rings. The lowest BCUT2D eigenvalue weighted by Gasteiger charge is -2.58. The van der Waals surface area contributed by atoms with Crippen molar-refractivity contribution in [1.82, 2.24) is 24.6 Å². The van der Waals surface area contributed by atoms with Crippen molar-refractivity contribution >= 4 is 39.6 Å². The minimum atomic E-state index is -0.700. The van der Waals surface area contributed by atoms with Crippen LogP contribution in [-0.2, 0) is 19.1 Å². The number of hydrogen-bond acceptors (Lipinski definition) is 7. The fourth-order valence-corrected chi connectivity index (χ4v) is 7.82. The van der Waals surface area contributed by atoms with Crippen molar-refractivity contribution in [2.45, 2.75) is 49.9 Å². The molecule has 6 atom stereocenters. The Balaban J connectivity index is 1.23. The van der Waals surface area contributed by atoms with E-state index in [0.29, 0.717) is 55.5 Å². The summed E-state index contributed by atoms with van der Waals surface area (Å²) >= 11 is 0. The molecule has 1 aliphatic heterocycles. The number of carbonyl (C=O) groups is 2. The number of nitrogens with one attached hydrogen (secondary N) is 2. The summed E-state index contributed by atoms with van der Waals surface area (Å²) in [5.41, 5.74) is 1.03. The number of ether oxygens (including phenoxy) is 2. The van der Waals surface area contributed by atoms with Crippen LogP contribution < -0.4 is 5.32 Å². The molecule has 0 radical (unpaired) electrons. The summed E-state index contributed by atoms with van der Waals surface area (Å²) in [5, 5.41) is 19.1. The summed E-state index contributed by atoms with van der Waals surface area (Å²) in [6.07, 6.45) is 7.92. The molecule has 0 aromatic carbocycles. The van der Waals surface area contributed by atoms with E-state index in [4.69, 9.17) is 9.47 Å². The van der Waals surface area contributed by atoms with Gasteiger partial charge < -0.3 is 24.8 Å². The van der Waals surface area contributed by atoms with E-state index in [1.54, 1.807) is 19.5 Å². The highest BCUT2D eigenvalue weighted by Crippen LogP contribution is 2.60. The van der Waals surface area contributed by atoms with Crippen LogP contribution >= 0.6 is 0 Å². The Hall–Kier alpha value is -3.02. The van der Waals surface area contributed by atoms with E-state index in [1.165, 1.54) is 4.90 Å². The lowest BCUT2D eigenvalue weighted by atomic mass is 9.52. The number of rotatable bonds is 4. The fraction of sp³-hybridized carbons (Fsp3) is 0.615. The number of H-pyrrole nitrogens is 1. The van der Waals surface area contributed by atoms with Gasteiger partial charge in [-0.15, -0.1) is 0 Å². The molecule has 8 rings (SSSR count). The van der Waals surface area contributed by atoms with Crippen LogP contribution in [0.2, 0.25) is 0 Å². The van der Waals surface area contributed by atoms with Crippen LogP contribution in [0.4, 0.5) is 5.82 Å². The standard InChI is InChI=1S/C26H32N6O5/c1-36-13-17-12-31(4-5-37-17)25(34)24(33)29-23-19-11-28-22-18(2-3-27-22)21(19)32(30-23)20-15-6-14-7-16(20)10-26(35,8-14)9-15/h2-3,11,14-17,20,30,35H,4-10,12-13H2,1H3,(H,29,33)/t14?,15-,16+,17-,20?,26?/m0/s1. The Labute approximate surface area is 213 Å². The third-order valence-electron chi connectivity index (χ3n) is 8.95. The van der Waals surface area contributed by atoms with Crippen LogP contribution in [0.25, 0.3) is 21.9 Å². The Morgan fingerprint density at radius 3 is 2.81 bits per heavy atom. The largest absolute Gasteiger partial charge is 0.390 e. The Bertz CT molecular complexity index is 1360. The van der Waals surface area contributed by atoms with Gasteiger partial charge in [-0.25, -0.2) is 9.97 Å². The number of aromatic nitrogens is 4. The van der Waals surface area contributed by atoms with E-state index in [2.05, 4.69) is 25.1 Å². The molecule has 5 aliphatic rings. The zero-order valence-electron chi connectivity index (χ0n) is 20.9. The number of hydrogen-bond donors (Lipinski definition) is 3. The van der Waals surface area contributed by atoms with E-state index in [9.17, 15) is 14.7 Å². The number of nitrogens with zero attached hydrogens (tertiary/aromatic N) is 4. The first-order valence-corrected chi connectivity index (χ1v) is 13.2. The molecule has 4 bridgehead atoms. The molecule has 0 spiro atoms. The molecule has 5 fully saturated rings. The molecule has 11 nitrogen and oxygen atoms in total. The van der Waals surface area contributed by atoms with Gasteiger partial charge in [0.2, 0.25) is 0 Å². The van der Waals surface area contributed by atoms with Crippen molar-refractivity contribution in [3.63, 3.8) is 0 Å². The van der Waals surface area contributed by atoms with Gasteiger partial charge in [0.15, 0.2) is 5.65 Å². The second-order valence-corrected chi connectivity index (χ2v) is 11.4. The minimum Gasteiger partial charge on any atom is -0.390 e. The minimum absolute atomic E-state index is 0.176. The summed E-state index contributed by atoms with van der Waals surface area (Å²) in [5.74, 6) is 0.442. The highest BCUT2D eigenvalue weighted by Gasteiger charge is 2.55. The molecule has 3 aromatic heterocycles. The molecule has 11 heteroatoms. The highest BCUT2D eigenvalue weighted by molar-refractivity contribution is 6.40. The van der Waals surface area contributed by atoms with Crippen molar-refractivity contribution in [1.29, 1.82) is 0 Å². The Morgan fingerprint density at radius 1 is 1.24 bits per heavy atom. The summed E-state index contributed by atoms with van der Waals surface area (Å²) in [7, 11) is 1.58. The SMILES string of the molecule is COC[C@@H]1CN(C(=O)C(=O)Nc2[nH]n(C3[C@@H]4CC5C[C@H]3CC(O)(C5)C4)c3c2cnc2nccc23)CCO1. The number of morpholine rings is 1. The lowest BCUT2D eigenvalue weighted by molar-refractivity contribution is -0.149. The van der Waals surface area contributed by atoms with E-state index >= 15 is 0 Å². The summed E-state index contributed by atoms with van der Waals surface area (Å²) in [6, 6.07) is 2.12. The predicted molar refractivity (Wildman–Crippen MR) is 134 cm³/mol. The number of fused-ring (bicyclic) bond motifs is 3. The van der Waals surface area contributed by atoms with Gasteiger partial charge in [0, 0.05) is 38.0 Å². The molecule has 196 valence electrons. The number of pyridine rings is 1. The van der Waals surface area contributed by atoms with Gasteiger partial charge in [-0.2, -0.15) is 0 Å². The average Bonchev–Trinajstić information content (AvgIpc) is 3.47. The summed E-state index contributed by atoms with van der Waals surface area (Å²) in [6.45, 7) is 1.39. The van der Waals surface area contributed by atoms with Gasteiger partial charge in [0.05, 0.1) is 41.9 Å².